The molecule has 2 aliphatic rings. The summed E-state index contributed by atoms with van der Waals surface area (Å²) >= 11 is 0. The molecule has 0 aliphatic carbocycles. The third kappa shape index (κ3) is 10.8. The standard InChI is InChI=1S/C42H49NO10/c1-28-36(47-24-31-17-9-4-10-18-31)39(48-25-32-19-11-5-12-20-32)40(49-26-33-21-13-6-14-22-33)42(50-28)53-37-34(27-46-23-30-15-7-3-8-16-30)52-41(45)35(43)38(37)51-29(2)44/h3-22,28,34-42,45H,23-27,43H2,1-2H3/t28-,34+,35+,36+,37+,38+,39+,40-,41-,42-/m0/s1. The van der Waals surface area contributed by atoms with Gasteiger partial charge in [0.05, 0.1) is 45.2 Å². The summed E-state index contributed by atoms with van der Waals surface area (Å²) in [5, 5.41) is 10.8. The molecule has 0 saturated carbocycles. The summed E-state index contributed by atoms with van der Waals surface area (Å²) < 4.78 is 51.1. The van der Waals surface area contributed by atoms with Gasteiger partial charge in [0.25, 0.3) is 0 Å². The number of aliphatic hydroxyl groups excluding tert-OH is 1. The number of benzene rings is 4. The predicted molar refractivity (Wildman–Crippen MR) is 195 cm³/mol. The minimum absolute atomic E-state index is 0.00430. The third-order valence-electron chi connectivity index (χ3n) is 9.28. The van der Waals surface area contributed by atoms with Crippen molar-refractivity contribution < 1.29 is 47.8 Å². The van der Waals surface area contributed by atoms with Crippen LogP contribution in [0.1, 0.15) is 36.1 Å². The lowest BCUT2D eigenvalue weighted by Gasteiger charge is -2.48. The second-order valence-electron chi connectivity index (χ2n) is 13.3. The molecule has 10 atom stereocenters. The van der Waals surface area contributed by atoms with Crippen molar-refractivity contribution in [2.45, 2.75) is 102 Å². The second-order valence-corrected chi connectivity index (χ2v) is 13.3. The molecule has 0 radical (unpaired) electrons. The Labute approximate surface area is 310 Å². The van der Waals surface area contributed by atoms with Gasteiger partial charge in [-0.25, -0.2) is 0 Å². The molecule has 0 aromatic heterocycles. The Morgan fingerprint density at radius 2 is 1.08 bits per heavy atom. The van der Waals surface area contributed by atoms with Gasteiger partial charge in [-0.05, 0) is 29.2 Å². The van der Waals surface area contributed by atoms with Crippen LogP contribution in [0, 0.1) is 0 Å². The first-order valence-electron chi connectivity index (χ1n) is 18.0. The molecule has 53 heavy (non-hydrogen) atoms. The fraction of sp³-hybridized carbons (Fsp3) is 0.405. The van der Waals surface area contributed by atoms with E-state index in [1.165, 1.54) is 6.92 Å². The highest BCUT2D eigenvalue weighted by atomic mass is 16.7. The Bertz CT molecular complexity index is 1650. The van der Waals surface area contributed by atoms with Gasteiger partial charge in [-0.1, -0.05) is 121 Å². The highest BCUT2D eigenvalue weighted by Gasteiger charge is 2.53. The Morgan fingerprint density at radius 1 is 0.623 bits per heavy atom. The maximum Gasteiger partial charge on any atom is 0.303 e. The van der Waals surface area contributed by atoms with Crippen LogP contribution in [0.15, 0.2) is 121 Å². The first-order valence-corrected chi connectivity index (χ1v) is 18.0. The van der Waals surface area contributed by atoms with Crippen molar-refractivity contribution in [1.29, 1.82) is 0 Å². The van der Waals surface area contributed by atoms with Crippen LogP contribution in [0.2, 0.25) is 0 Å². The van der Waals surface area contributed by atoms with Crippen molar-refractivity contribution >= 4 is 5.97 Å². The van der Waals surface area contributed by atoms with Crippen molar-refractivity contribution in [2.75, 3.05) is 6.61 Å². The topological polar surface area (TPSA) is 137 Å². The molecular formula is C42H49NO10. The van der Waals surface area contributed by atoms with E-state index in [1.54, 1.807) is 0 Å². The highest BCUT2D eigenvalue weighted by Crippen LogP contribution is 2.34. The summed E-state index contributed by atoms with van der Waals surface area (Å²) in [6.45, 7) is 4.26. The van der Waals surface area contributed by atoms with Crippen LogP contribution < -0.4 is 5.73 Å². The van der Waals surface area contributed by atoms with Crippen LogP contribution in [0.4, 0.5) is 0 Å². The number of carbonyl (C=O) groups excluding carboxylic acids is 1. The summed E-state index contributed by atoms with van der Waals surface area (Å²) in [5.41, 5.74) is 10.3. The molecule has 2 fully saturated rings. The van der Waals surface area contributed by atoms with Gasteiger partial charge >= 0.3 is 5.97 Å². The van der Waals surface area contributed by atoms with Gasteiger partial charge in [0, 0.05) is 6.92 Å². The summed E-state index contributed by atoms with van der Waals surface area (Å²) in [7, 11) is 0. The molecule has 0 bridgehead atoms. The molecule has 4 aromatic carbocycles. The molecule has 2 saturated heterocycles. The van der Waals surface area contributed by atoms with Crippen LogP contribution in [0.3, 0.4) is 0 Å². The Balaban J connectivity index is 1.30. The van der Waals surface area contributed by atoms with Gasteiger partial charge in [-0.3, -0.25) is 4.79 Å². The fourth-order valence-electron chi connectivity index (χ4n) is 6.58. The molecule has 2 heterocycles. The molecule has 2 aliphatic heterocycles. The van der Waals surface area contributed by atoms with Crippen LogP contribution in [0.25, 0.3) is 0 Å². The molecule has 3 N–H and O–H groups in total. The Hall–Kier alpha value is -4.01. The number of hydrogen-bond donors (Lipinski definition) is 2. The normalized spacial score (nSPS) is 28.7. The Kier molecular flexibility index (Phi) is 14.1. The van der Waals surface area contributed by atoms with E-state index in [0.29, 0.717) is 6.61 Å². The van der Waals surface area contributed by atoms with E-state index in [2.05, 4.69) is 0 Å². The van der Waals surface area contributed by atoms with E-state index in [9.17, 15) is 9.90 Å². The van der Waals surface area contributed by atoms with E-state index in [4.69, 9.17) is 43.6 Å². The van der Waals surface area contributed by atoms with Crippen LogP contribution >= 0.6 is 0 Å². The van der Waals surface area contributed by atoms with Gasteiger partial charge in [-0.15, -0.1) is 0 Å². The van der Waals surface area contributed by atoms with Crippen molar-refractivity contribution in [3.8, 4) is 0 Å². The van der Waals surface area contributed by atoms with E-state index < -0.39 is 67.3 Å². The van der Waals surface area contributed by atoms with Gasteiger partial charge in [0.1, 0.15) is 30.5 Å². The predicted octanol–water partition coefficient (Wildman–Crippen LogP) is 5.07. The monoisotopic (exact) mass is 727 g/mol. The molecule has 0 unspecified atom stereocenters. The lowest BCUT2D eigenvalue weighted by molar-refractivity contribution is -0.355. The molecule has 282 valence electrons. The zero-order valence-electron chi connectivity index (χ0n) is 30.1. The van der Waals surface area contributed by atoms with Crippen LogP contribution in [-0.2, 0) is 69.1 Å². The number of nitrogens with two attached hydrogens (primary N) is 1. The fourth-order valence-corrected chi connectivity index (χ4v) is 6.58. The SMILES string of the molecule is CC(=O)O[C@@H]1[C@@H](N)[C@@H](O)O[C@H](COCc2ccccc2)[C@H]1O[C@@H]1O[C@@H](C)[C@@H](OCc2ccccc2)[C@@H](OCc2ccccc2)[C@@H]1OCc1ccccc1. The van der Waals surface area contributed by atoms with E-state index >= 15 is 0 Å². The summed E-state index contributed by atoms with van der Waals surface area (Å²) in [6, 6.07) is 38.0. The zero-order valence-corrected chi connectivity index (χ0v) is 30.1. The number of carbonyl (C=O) groups is 1. The molecule has 6 rings (SSSR count). The summed E-state index contributed by atoms with van der Waals surface area (Å²) in [6.07, 6.45) is -8.18. The van der Waals surface area contributed by atoms with Gasteiger partial charge < -0.3 is 48.7 Å². The van der Waals surface area contributed by atoms with E-state index in [0.717, 1.165) is 22.3 Å². The van der Waals surface area contributed by atoms with Crippen molar-refractivity contribution in [2.24, 2.45) is 5.73 Å². The molecule has 4 aromatic rings. The Morgan fingerprint density at radius 3 is 1.57 bits per heavy atom. The van der Waals surface area contributed by atoms with E-state index in [-0.39, 0.29) is 26.4 Å². The van der Waals surface area contributed by atoms with Crippen molar-refractivity contribution in [3.63, 3.8) is 0 Å². The highest BCUT2D eigenvalue weighted by molar-refractivity contribution is 5.66. The maximum atomic E-state index is 12.4. The molecular weight excluding hydrogens is 678 g/mol. The molecule has 0 amide bonds. The average molecular weight is 728 g/mol. The third-order valence-corrected chi connectivity index (χ3v) is 9.28. The molecule has 11 heteroatoms. The number of ether oxygens (including phenoxy) is 8. The lowest BCUT2D eigenvalue weighted by Crippen LogP contribution is -2.67. The first-order chi connectivity index (χ1) is 25.9. The van der Waals surface area contributed by atoms with E-state index in [1.807, 2.05) is 128 Å². The minimum atomic E-state index is -1.45. The van der Waals surface area contributed by atoms with Gasteiger partial charge in [0.15, 0.2) is 18.7 Å². The van der Waals surface area contributed by atoms with Crippen LogP contribution in [-0.4, -0.2) is 79.0 Å². The lowest BCUT2D eigenvalue weighted by atomic mass is 9.95. The second kappa shape index (κ2) is 19.4. The van der Waals surface area contributed by atoms with Gasteiger partial charge in [0.2, 0.25) is 0 Å². The number of esters is 1. The molecule has 11 nitrogen and oxygen atoms in total. The quantitative estimate of drug-likeness (QED) is 0.150. The number of aliphatic hydroxyl groups is 1. The largest absolute Gasteiger partial charge is 0.458 e. The average Bonchev–Trinajstić information content (AvgIpc) is 3.18. The number of hydrogen-bond acceptors (Lipinski definition) is 11. The summed E-state index contributed by atoms with van der Waals surface area (Å²) in [4.78, 5) is 12.4. The van der Waals surface area contributed by atoms with Crippen LogP contribution in [0.5, 0.6) is 0 Å². The van der Waals surface area contributed by atoms with Crippen molar-refractivity contribution in [1.82, 2.24) is 0 Å². The summed E-state index contributed by atoms with van der Waals surface area (Å²) in [5.74, 6) is -0.592. The van der Waals surface area contributed by atoms with Gasteiger partial charge in [-0.2, -0.15) is 0 Å². The smallest absolute Gasteiger partial charge is 0.303 e. The zero-order chi connectivity index (χ0) is 37.0. The number of rotatable bonds is 16. The maximum absolute atomic E-state index is 12.4. The van der Waals surface area contributed by atoms with Crippen molar-refractivity contribution in [3.05, 3.63) is 144 Å². The minimum Gasteiger partial charge on any atom is -0.458 e. The first kappa shape index (κ1) is 38.7. The molecule has 0 spiro atoms.